The van der Waals surface area contributed by atoms with Gasteiger partial charge < -0.3 is 29.7 Å². The lowest BCUT2D eigenvalue weighted by Gasteiger charge is -2.28. The molecule has 1 amide bonds. The van der Waals surface area contributed by atoms with Crippen molar-refractivity contribution in [1.82, 2.24) is 14.3 Å². The number of hydrogen-bond acceptors (Lipinski definition) is 7. The van der Waals surface area contributed by atoms with Gasteiger partial charge in [-0.25, -0.2) is 4.39 Å². The monoisotopic (exact) mass is 548 g/mol. The van der Waals surface area contributed by atoms with Crippen molar-refractivity contribution in [3.8, 4) is 23.3 Å². The Labute approximate surface area is 225 Å². The molecule has 0 radical (unpaired) electrons. The van der Waals surface area contributed by atoms with E-state index in [4.69, 9.17) is 14.2 Å². The molecule has 12 heteroatoms. The van der Waals surface area contributed by atoms with E-state index in [-0.39, 0.29) is 42.4 Å². The topological polar surface area (TPSA) is 120 Å². The molecule has 0 spiro atoms. The Kier molecular flexibility index (Phi) is 8.76. The second-order valence-corrected chi connectivity index (χ2v) is 10.1. The number of carbonyl (C=O) groups excluding carboxylic acids is 1. The van der Waals surface area contributed by atoms with Crippen LogP contribution in [0.25, 0.3) is 0 Å². The van der Waals surface area contributed by atoms with E-state index in [0.717, 1.165) is 12.1 Å². The molecule has 1 fully saturated rings. The molecule has 0 aliphatic carbocycles. The van der Waals surface area contributed by atoms with Crippen LogP contribution in [-0.2, 0) is 16.1 Å². The molecular weight excluding hydrogens is 514 g/mol. The molecule has 3 aromatic rings. The van der Waals surface area contributed by atoms with E-state index in [2.05, 4.69) is 10.4 Å². The minimum atomic E-state index is -1.04. The summed E-state index contributed by atoms with van der Waals surface area (Å²) in [5, 5.41) is 27.9. The largest absolute Gasteiger partial charge is 0.494 e. The molecule has 0 bridgehead atoms. The Morgan fingerprint density at radius 3 is 2.67 bits per heavy atom. The molecular formula is C27H34F2N4O6. The third kappa shape index (κ3) is 7.07. The number of carbonyl (C=O) groups is 1. The van der Waals surface area contributed by atoms with E-state index in [9.17, 15) is 19.4 Å². The fourth-order valence-corrected chi connectivity index (χ4v) is 4.55. The first-order chi connectivity index (χ1) is 18.6. The van der Waals surface area contributed by atoms with Gasteiger partial charge in [-0.05, 0) is 58.1 Å². The molecule has 10 nitrogen and oxygen atoms in total. The third-order valence-corrected chi connectivity index (χ3v) is 6.33. The van der Waals surface area contributed by atoms with E-state index in [1.165, 1.54) is 21.4 Å². The molecule has 4 rings (SSSR count). The number of anilines is 1. The zero-order chi connectivity index (χ0) is 28.2. The lowest BCUT2D eigenvalue weighted by atomic mass is 9.92. The summed E-state index contributed by atoms with van der Waals surface area (Å²) in [7, 11) is 0. The summed E-state index contributed by atoms with van der Waals surface area (Å²) in [5.41, 5.74) is -1.01. The normalized spacial score (nSPS) is 15.2. The summed E-state index contributed by atoms with van der Waals surface area (Å²) in [6, 6.07) is 5.40. The van der Waals surface area contributed by atoms with Crippen LogP contribution in [-0.4, -0.2) is 55.9 Å². The van der Waals surface area contributed by atoms with Crippen molar-refractivity contribution in [3.63, 3.8) is 0 Å². The fraction of sp³-hybridized carbons (Fsp3) is 0.481. The zero-order valence-electron chi connectivity index (χ0n) is 22.2. The maximum Gasteiger partial charge on any atom is 0.248 e. The van der Waals surface area contributed by atoms with Gasteiger partial charge in [0.25, 0.3) is 0 Å². The standard InChI is InChI=1S/C27H34F2N4O6/c1-4-38-20-6-5-18(28)25(24(20)29)39-23-8-7-22(34)33(23)19(15-17-10-13-37-14-11-17)26(35)30-21-9-12-32(31-21)16-27(2,3)36/h5-9,12,17,19,34,36H,4,10-11,13-16H2,1-3H3,(H,30,31,35). The summed E-state index contributed by atoms with van der Waals surface area (Å²) in [4.78, 5) is 13.6. The number of rotatable bonds is 11. The van der Waals surface area contributed by atoms with Crippen LogP contribution in [0.5, 0.6) is 23.3 Å². The number of ether oxygens (including phenoxy) is 3. The molecule has 2 aromatic heterocycles. The second kappa shape index (κ2) is 12.0. The molecule has 1 aliphatic heterocycles. The highest BCUT2D eigenvalue weighted by Crippen LogP contribution is 2.39. The molecule has 0 saturated carbocycles. The van der Waals surface area contributed by atoms with Gasteiger partial charge in [0, 0.05) is 37.6 Å². The highest BCUT2D eigenvalue weighted by Gasteiger charge is 2.31. The first-order valence-corrected chi connectivity index (χ1v) is 12.9. The highest BCUT2D eigenvalue weighted by molar-refractivity contribution is 5.93. The van der Waals surface area contributed by atoms with Crippen molar-refractivity contribution in [3.05, 3.63) is 48.2 Å². The van der Waals surface area contributed by atoms with Crippen LogP contribution in [0, 0.1) is 17.6 Å². The van der Waals surface area contributed by atoms with Gasteiger partial charge in [0.15, 0.2) is 23.3 Å². The summed E-state index contributed by atoms with van der Waals surface area (Å²) in [6.45, 7) is 6.41. The van der Waals surface area contributed by atoms with Crippen molar-refractivity contribution < 1.29 is 38.0 Å². The van der Waals surface area contributed by atoms with Crippen molar-refractivity contribution in [2.24, 2.45) is 5.92 Å². The first-order valence-electron chi connectivity index (χ1n) is 12.9. The Balaban J connectivity index is 1.65. The number of nitrogens with one attached hydrogen (secondary N) is 1. The number of aliphatic hydroxyl groups is 1. The van der Waals surface area contributed by atoms with Crippen LogP contribution in [0.4, 0.5) is 14.6 Å². The van der Waals surface area contributed by atoms with Gasteiger partial charge >= 0.3 is 0 Å². The van der Waals surface area contributed by atoms with E-state index in [1.54, 1.807) is 33.0 Å². The number of aromatic nitrogens is 3. The summed E-state index contributed by atoms with van der Waals surface area (Å²) in [5.74, 6) is -3.51. The van der Waals surface area contributed by atoms with Gasteiger partial charge in [-0.2, -0.15) is 9.49 Å². The molecule has 1 unspecified atom stereocenters. The number of benzene rings is 1. The number of nitrogens with zero attached hydrogens (tertiary/aromatic N) is 3. The van der Waals surface area contributed by atoms with Gasteiger partial charge in [0.1, 0.15) is 6.04 Å². The van der Waals surface area contributed by atoms with Crippen molar-refractivity contribution in [2.75, 3.05) is 25.1 Å². The summed E-state index contributed by atoms with van der Waals surface area (Å²) < 4.78 is 48.6. The quantitative estimate of drug-likeness (QED) is 0.320. The lowest BCUT2D eigenvalue weighted by Crippen LogP contribution is -2.30. The smallest absolute Gasteiger partial charge is 0.248 e. The van der Waals surface area contributed by atoms with Crippen LogP contribution >= 0.6 is 0 Å². The lowest BCUT2D eigenvalue weighted by molar-refractivity contribution is -0.120. The SMILES string of the molecule is CCOc1ccc(F)c(Oc2ccc(O)n2C(CC2CCOCC2)C(=O)Nc2ccn(CC(C)(C)O)n2)c1F. The minimum Gasteiger partial charge on any atom is -0.494 e. The predicted octanol–water partition coefficient (Wildman–Crippen LogP) is 4.63. The zero-order valence-corrected chi connectivity index (χ0v) is 22.2. The van der Waals surface area contributed by atoms with Gasteiger partial charge in [-0.3, -0.25) is 14.0 Å². The number of halogens is 2. The Hall–Kier alpha value is -3.64. The Bertz CT molecular complexity index is 1280. The van der Waals surface area contributed by atoms with Crippen molar-refractivity contribution in [1.29, 1.82) is 0 Å². The van der Waals surface area contributed by atoms with Crippen LogP contribution < -0.4 is 14.8 Å². The van der Waals surface area contributed by atoms with Gasteiger partial charge in [-0.1, -0.05) is 0 Å². The number of hydrogen-bond donors (Lipinski definition) is 3. The maximum atomic E-state index is 15.0. The average Bonchev–Trinajstić information content (AvgIpc) is 3.47. The van der Waals surface area contributed by atoms with E-state index >= 15 is 4.39 Å². The minimum absolute atomic E-state index is 0.0895. The number of amides is 1. The predicted molar refractivity (Wildman–Crippen MR) is 138 cm³/mol. The van der Waals surface area contributed by atoms with Gasteiger partial charge in [0.05, 0.1) is 18.8 Å². The van der Waals surface area contributed by atoms with Crippen LogP contribution in [0.1, 0.15) is 46.1 Å². The molecule has 1 saturated heterocycles. The van der Waals surface area contributed by atoms with Crippen molar-refractivity contribution >= 4 is 11.7 Å². The van der Waals surface area contributed by atoms with E-state index in [0.29, 0.717) is 32.5 Å². The Morgan fingerprint density at radius 1 is 1.23 bits per heavy atom. The molecule has 3 N–H and O–H groups in total. The van der Waals surface area contributed by atoms with Crippen LogP contribution in [0.15, 0.2) is 36.5 Å². The first kappa shape index (κ1) is 28.4. The second-order valence-electron chi connectivity index (χ2n) is 10.1. The molecule has 1 aromatic carbocycles. The van der Waals surface area contributed by atoms with Crippen LogP contribution in [0.2, 0.25) is 0 Å². The highest BCUT2D eigenvalue weighted by atomic mass is 19.1. The fourth-order valence-electron chi connectivity index (χ4n) is 4.55. The average molecular weight is 549 g/mol. The van der Waals surface area contributed by atoms with Gasteiger partial charge in [-0.15, -0.1) is 0 Å². The molecule has 1 atom stereocenters. The molecule has 1 aliphatic rings. The van der Waals surface area contributed by atoms with E-state index < -0.39 is 34.9 Å². The summed E-state index contributed by atoms with van der Waals surface area (Å²) >= 11 is 0. The maximum absolute atomic E-state index is 15.0. The van der Waals surface area contributed by atoms with Crippen LogP contribution in [0.3, 0.4) is 0 Å². The third-order valence-electron chi connectivity index (χ3n) is 6.33. The van der Waals surface area contributed by atoms with Gasteiger partial charge in [0.2, 0.25) is 23.4 Å². The van der Waals surface area contributed by atoms with Crippen molar-refractivity contribution in [2.45, 2.75) is 58.2 Å². The molecule has 39 heavy (non-hydrogen) atoms. The van der Waals surface area contributed by atoms with E-state index in [1.807, 2.05) is 0 Å². The summed E-state index contributed by atoms with van der Waals surface area (Å²) in [6.07, 6.45) is 3.35. The number of aromatic hydroxyl groups is 1. The Morgan fingerprint density at radius 2 is 1.97 bits per heavy atom. The molecule has 212 valence electrons. The molecule has 3 heterocycles.